The summed E-state index contributed by atoms with van der Waals surface area (Å²) in [5, 5.41) is 20.6. The van der Waals surface area contributed by atoms with Gasteiger partial charge in [0, 0.05) is 19.3 Å². The van der Waals surface area contributed by atoms with E-state index in [9.17, 15) is 0 Å². The Balaban J connectivity index is 2.38. The summed E-state index contributed by atoms with van der Waals surface area (Å²) in [5.74, 6) is 0.519. The molecule has 68 valence electrons. The zero-order valence-electron chi connectivity index (χ0n) is 6.71. The minimum Gasteiger partial charge on any atom is -0.391 e. The molecule has 0 spiro atoms. The summed E-state index contributed by atoms with van der Waals surface area (Å²) in [6.45, 7) is 0.262. The van der Waals surface area contributed by atoms with Gasteiger partial charge in [-0.15, -0.1) is 5.10 Å². The van der Waals surface area contributed by atoms with E-state index < -0.39 is 6.10 Å². The highest BCUT2D eigenvalue weighted by Crippen LogP contribution is 2.12. The molecule has 0 saturated heterocycles. The predicted molar refractivity (Wildman–Crippen MR) is 44.6 cm³/mol. The summed E-state index contributed by atoms with van der Waals surface area (Å²) in [7, 11) is 1.75. The lowest BCUT2D eigenvalue weighted by Crippen LogP contribution is -2.22. The summed E-state index contributed by atoms with van der Waals surface area (Å²) in [6, 6.07) is 0. The van der Waals surface area contributed by atoms with E-state index in [2.05, 4.69) is 15.5 Å². The van der Waals surface area contributed by atoms with Crippen LogP contribution in [0.4, 0.5) is 0 Å². The Labute approximate surface area is 74.1 Å². The van der Waals surface area contributed by atoms with Crippen molar-refractivity contribution < 1.29 is 5.11 Å². The van der Waals surface area contributed by atoms with E-state index in [4.69, 9.17) is 10.8 Å². The molecule has 0 aromatic carbocycles. The molecule has 0 fully saturated rings. The number of aromatic nitrogens is 4. The Morgan fingerprint density at radius 3 is 3.00 bits per heavy atom. The highest BCUT2D eigenvalue weighted by atomic mass is 32.2. The molecule has 6 nitrogen and oxygen atoms in total. The molecule has 1 heterocycles. The molecule has 1 atom stereocenters. The first-order valence-electron chi connectivity index (χ1n) is 3.47. The van der Waals surface area contributed by atoms with E-state index in [1.54, 1.807) is 11.7 Å². The Hall–Kier alpha value is -0.660. The number of aryl methyl sites for hydroxylation is 1. The third-order valence-electron chi connectivity index (χ3n) is 1.26. The predicted octanol–water partition coefficient (Wildman–Crippen LogP) is -1.38. The molecule has 1 unspecified atom stereocenters. The van der Waals surface area contributed by atoms with Gasteiger partial charge in [0.1, 0.15) is 0 Å². The molecular formula is C5H11N5OS. The van der Waals surface area contributed by atoms with E-state index >= 15 is 0 Å². The van der Waals surface area contributed by atoms with Gasteiger partial charge in [-0.3, -0.25) is 0 Å². The smallest absolute Gasteiger partial charge is 0.209 e. The van der Waals surface area contributed by atoms with E-state index in [1.807, 2.05) is 0 Å². The molecule has 0 amide bonds. The third-order valence-corrected chi connectivity index (χ3v) is 2.41. The Bertz CT molecular complexity index is 239. The van der Waals surface area contributed by atoms with Crippen molar-refractivity contribution in [1.29, 1.82) is 0 Å². The fourth-order valence-corrected chi connectivity index (χ4v) is 1.38. The van der Waals surface area contributed by atoms with Crippen LogP contribution in [0.15, 0.2) is 5.16 Å². The lowest BCUT2D eigenvalue weighted by Gasteiger charge is -2.04. The standard InChI is InChI=1S/C5H11N5OS/c1-10-5(7-8-9-10)12-3-4(11)2-6/h4,11H,2-3,6H2,1H3. The Kier molecular flexibility index (Phi) is 3.45. The van der Waals surface area contributed by atoms with E-state index in [0.29, 0.717) is 10.9 Å². The second-order valence-corrected chi connectivity index (χ2v) is 3.27. The van der Waals surface area contributed by atoms with Crippen molar-refractivity contribution in [3.05, 3.63) is 0 Å². The maximum Gasteiger partial charge on any atom is 0.209 e. The summed E-state index contributed by atoms with van der Waals surface area (Å²) >= 11 is 1.38. The number of aliphatic hydroxyl groups is 1. The number of hydrogen-bond donors (Lipinski definition) is 2. The zero-order valence-corrected chi connectivity index (χ0v) is 7.53. The quantitative estimate of drug-likeness (QED) is 0.567. The van der Waals surface area contributed by atoms with Crippen LogP contribution in [-0.2, 0) is 7.05 Å². The van der Waals surface area contributed by atoms with E-state index in [1.165, 1.54) is 11.8 Å². The molecule has 0 aliphatic carbocycles. The van der Waals surface area contributed by atoms with Crippen LogP contribution in [0, 0.1) is 0 Å². The van der Waals surface area contributed by atoms with Gasteiger partial charge < -0.3 is 10.8 Å². The van der Waals surface area contributed by atoms with Gasteiger partial charge in [0.2, 0.25) is 5.16 Å². The van der Waals surface area contributed by atoms with Crippen molar-refractivity contribution in [1.82, 2.24) is 20.2 Å². The summed E-state index contributed by atoms with van der Waals surface area (Å²) in [5.41, 5.74) is 5.23. The van der Waals surface area contributed by atoms with Crippen LogP contribution in [0.25, 0.3) is 0 Å². The molecule has 7 heteroatoms. The van der Waals surface area contributed by atoms with Crippen LogP contribution in [-0.4, -0.2) is 43.7 Å². The average molecular weight is 189 g/mol. The van der Waals surface area contributed by atoms with E-state index in [-0.39, 0.29) is 6.54 Å². The molecule has 0 radical (unpaired) electrons. The summed E-state index contributed by atoms with van der Waals surface area (Å²) in [4.78, 5) is 0. The topological polar surface area (TPSA) is 89.8 Å². The third kappa shape index (κ3) is 2.43. The van der Waals surface area contributed by atoms with Crippen LogP contribution in [0.3, 0.4) is 0 Å². The summed E-state index contributed by atoms with van der Waals surface area (Å²) < 4.78 is 1.55. The normalized spacial score (nSPS) is 13.2. The van der Waals surface area contributed by atoms with Gasteiger partial charge in [-0.25, -0.2) is 4.68 Å². The van der Waals surface area contributed by atoms with E-state index in [0.717, 1.165) is 0 Å². The van der Waals surface area contributed by atoms with Gasteiger partial charge in [-0.1, -0.05) is 11.8 Å². The van der Waals surface area contributed by atoms with Crippen LogP contribution in [0.2, 0.25) is 0 Å². The van der Waals surface area contributed by atoms with Gasteiger partial charge in [-0.2, -0.15) is 0 Å². The van der Waals surface area contributed by atoms with Gasteiger partial charge in [0.25, 0.3) is 0 Å². The van der Waals surface area contributed by atoms with Crippen molar-refractivity contribution >= 4 is 11.8 Å². The van der Waals surface area contributed by atoms with Crippen molar-refractivity contribution in [3.63, 3.8) is 0 Å². The van der Waals surface area contributed by atoms with Crippen molar-refractivity contribution in [2.24, 2.45) is 12.8 Å². The van der Waals surface area contributed by atoms with Gasteiger partial charge in [0.15, 0.2) is 0 Å². The fraction of sp³-hybridized carbons (Fsp3) is 0.800. The highest BCUT2D eigenvalue weighted by Gasteiger charge is 2.06. The number of hydrogen-bond acceptors (Lipinski definition) is 6. The molecular weight excluding hydrogens is 178 g/mol. The molecule has 0 bridgehead atoms. The first-order valence-corrected chi connectivity index (χ1v) is 4.46. The fourth-order valence-electron chi connectivity index (χ4n) is 0.582. The number of nitrogens with zero attached hydrogens (tertiary/aromatic N) is 4. The first-order chi connectivity index (χ1) is 5.74. The molecule has 0 saturated carbocycles. The number of rotatable bonds is 4. The maximum atomic E-state index is 9.12. The molecule has 12 heavy (non-hydrogen) atoms. The van der Waals surface area contributed by atoms with Crippen LogP contribution in [0.1, 0.15) is 0 Å². The van der Waals surface area contributed by atoms with Crippen LogP contribution >= 0.6 is 11.8 Å². The summed E-state index contributed by atoms with van der Waals surface area (Å²) in [6.07, 6.45) is -0.494. The number of aliphatic hydroxyl groups excluding tert-OH is 1. The maximum absolute atomic E-state index is 9.12. The average Bonchev–Trinajstić information content (AvgIpc) is 2.47. The van der Waals surface area contributed by atoms with Gasteiger partial charge in [0.05, 0.1) is 6.10 Å². The molecule has 1 aromatic rings. The lowest BCUT2D eigenvalue weighted by molar-refractivity contribution is 0.208. The number of tetrazole rings is 1. The van der Waals surface area contributed by atoms with Crippen LogP contribution in [0.5, 0.6) is 0 Å². The number of nitrogens with two attached hydrogens (primary N) is 1. The van der Waals surface area contributed by atoms with Gasteiger partial charge in [-0.05, 0) is 10.4 Å². The minimum absolute atomic E-state index is 0.262. The molecule has 0 aliphatic heterocycles. The monoisotopic (exact) mass is 189 g/mol. The van der Waals surface area contributed by atoms with Gasteiger partial charge >= 0.3 is 0 Å². The SMILES string of the molecule is Cn1nnnc1SCC(O)CN. The second-order valence-electron chi connectivity index (χ2n) is 2.29. The van der Waals surface area contributed by atoms with Crippen molar-refractivity contribution in [2.75, 3.05) is 12.3 Å². The molecule has 3 N–H and O–H groups in total. The van der Waals surface area contributed by atoms with Crippen molar-refractivity contribution in [2.45, 2.75) is 11.3 Å². The Morgan fingerprint density at radius 2 is 2.50 bits per heavy atom. The Morgan fingerprint density at radius 1 is 1.75 bits per heavy atom. The zero-order chi connectivity index (χ0) is 8.97. The molecule has 1 aromatic heterocycles. The minimum atomic E-state index is -0.494. The first kappa shape index (κ1) is 9.43. The largest absolute Gasteiger partial charge is 0.391 e. The highest BCUT2D eigenvalue weighted by molar-refractivity contribution is 7.99. The van der Waals surface area contributed by atoms with Crippen molar-refractivity contribution in [3.8, 4) is 0 Å². The van der Waals surface area contributed by atoms with Crippen LogP contribution < -0.4 is 5.73 Å². The molecule has 1 rings (SSSR count). The molecule has 0 aliphatic rings. The second kappa shape index (κ2) is 4.39. The number of thioether (sulfide) groups is 1. The lowest BCUT2D eigenvalue weighted by atomic mass is 10.4.